The van der Waals surface area contributed by atoms with Crippen molar-refractivity contribution in [2.45, 2.75) is 303 Å². The summed E-state index contributed by atoms with van der Waals surface area (Å²) in [6, 6.07) is 0. The molecular weight excluding hydrogens is 865 g/mol. The number of carbonyl (C=O) groups excluding carboxylic acids is 3. The summed E-state index contributed by atoms with van der Waals surface area (Å²) in [7, 11) is 0. The number of ether oxygens (including phenoxy) is 3. The molecule has 0 aliphatic heterocycles. The van der Waals surface area contributed by atoms with Crippen LogP contribution in [0.2, 0.25) is 0 Å². The molecule has 1 unspecified atom stereocenters. The Morgan fingerprint density at radius 1 is 0.300 bits per heavy atom. The molecule has 0 radical (unpaired) electrons. The third-order valence-corrected chi connectivity index (χ3v) is 12.9. The number of allylic oxidation sites excluding steroid dienone is 12. The van der Waals surface area contributed by atoms with Crippen LogP contribution in [0.4, 0.5) is 0 Å². The summed E-state index contributed by atoms with van der Waals surface area (Å²) in [6.07, 6.45) is 74.7. The van der Waals surface area contributed by atoms with Crippen LogP contribution in [-0.4, -0.2) is 37.2 Å². The average Bonchev–Trinajstić information content (AvgIpc) is 3.36. The second-order valence-corrected chi connectivity index (χ2v) is 19.9. The Morgan fingerprint density at radius 2 is 0.557 bits per heavy atom. The first-order chi connectivity index (χ1) is 34.5. The Kier molecular flexibility index (Phi) is 55.8. The molecule has 0 spiro atoms. The minimum absolute atomic E-state index is 0.0823. The number of unbranched alkanes of at least 4 members (excludes halogenated alkanes) is 31. The number of carbonyl (C=O) groups is 3. The monoisotopic (exact) mass is 977 g/mol. The fourth-order valence-corrected chi connectivity index (χ4v) is 8.42. The first-order valence-electron chi connectivity index (χ1n) is 29.9. The summed E-state index contributed by atoms with van der Waals surface area (Å²) in [5.74, 6) is -0.894. The van der Waals surface area contributed by atoms with E-state index < -0.39 is 6.10 Å². The molecule has 0 saturated carbocycles. The van der Waals surface area contributed by atoms with Gasteiger partial charge in [0, 0.05) is 19.3 Å². The van der Waals surface area contributed by atoms with Gasteiger partial charge in [-0.2, -0.15) is 0 Å². The molecule has 0 N–H and O–H groups in total. The number of hydrogen-bond acceptors (Lipinski definition) is 6. The summed E-state index contributed by atoms with van der Waals surface area (Å²) in [5.41, 5.74) is 0. The van der Waals surface area contributed by atoms with Gasteiger partial charge in [-0.15, -0.1) is 0 Å². The Hall–Kier alpha value is -3.15. The van der Waals surface area contributed by atoms with Crippen LogP contribution < -0.4 is 0 Å². The Balaban J connectivity index is 4.31. The lowest BCUT2D eigenvalue weighted by atomic mass is 10.0. The number of hydrogen-bond donors (Lipinski definition) is 0. The van der Waals surface area contributed by atoms with Gasteiger partial charge in [0.05, 0.1) is 0 Å². The molecular formula is C64H112O6. The first-order valence-corrected chi connectivity index (χ1v) is 29.9. The molecule has 0 amide bonds. The van der Waals surface area contributed by atoms with Gasteiger partial charge in [0.25, 0.3) is 0 Å². The highest BCUT2D eigenvalue weighted by atomic mass is 16.6. The van der Waals surface area contributed by atoms with Crippen LogP contribution in [0.5, 0.6) is 0 Å². The largest absolute Gasteiger partial charge is 0.462 e. The highest BCUT2D eigenvalue weighted by Crippen LogP contribution is 2.16. The van der Waals surface area contributed by atoms with E-state index in [-0.39, 0.29) is 31.1 Å². The SMILES string of the molecule is CC/C=C\C/C=C\C/C=C\CCCCCCCCCC(=O)OC(COC(=O)CCCCCCC/C=C\CCCCC)COC(=O)CCCCCCCCCCCCC/C=C\C/C=C\CCCCCCC. The van der Waals surface area contributed by atoms with Crippen LogP contribution in [0.25, 0.3) is 0 Å². The minimum atomic E-state index is -0.785. The molecule has 0 rings (SSSR count). The quantitative estimate of drug-likeness (QED) is 0.0261. The van der Waals surface area contributed by atoms with Crippen LogP contribution >= 0.6 is 0 Å². The van der Waals surface area contributed by atoms with Gasteiger partial charge in [0.2, 0.25) is 0 Å². The maximum Gasteiger partial charge on any atom is 0.306 e. The van der Waals surface area contributed by atoms with Crippen molar-refractivity contribution in [1.29, 1.82) is 0 Å². The van der Waals surface area contributed by atoms with Crippen molar-refractivity contribution >= 4 is 17.9 Å². The van der Waals surface area contributed by atoms with Crippen LogP contribution in [0.15, 0.2) is 72.9 Å². The third-order valence-electron chi connectivity index (χ3n) is 12.9. The fraction of sp³-hybridized carbons (Fsp3) is 0.766. The van der Waals surface area contributed by atoms with Crippen molar-refractivity contribution in [3.8, 4) is 0 Å². The highest BCUT2D eigenvalue weighted by molar-refractivity contribution is 5.71. The van der Waals surface area contributed by atoms with Gasteiger partial charge in [-0.05, 0) is 109 Å². The molecule has 0 aliphatic rings. The maximum atomic E-state index is 12.9. The smallest absolute Gasteiger partial charge is 0.306 e. The van der Waals surface area contributed by atoms with Crippen molar-refractivity contribution in [3.05, 3.63) is 72.9 Å². The zero-order valence-corrected chi connectivity index (χ0v) is 46.3. The van der Waals surface area contributed by atoms with E-state index in [9.17, 15) is 14.4 Å². The predicted molar refractivity (Wildman–Crippen MR) is 302 cm³/mol. The van der Waals surface area contributed by atoms with Gasteiger partial charge in [0.1, 0.15) is 13.2 Å². The van der Waals surface area contributed by atoms with Crippen molar-refractivity contribution in [2.75, 3.05) is 13.2 Å². The van der Waals surface area contributed by atoms with Crippen LogP contribution in [-0.2, 0) is 28.6 Å². The van der Waals surface area contributed by atoms with E-state index in [1.54, 1.807) is 0 Å². The van der Waals surface area contributed by atoms with Crippen LogP contribution in [0, 0.1) is 0 Å². The molecule has 0 aromatic rings. The topological polar surface area (TPSA) is 78.9 Å². The number of esters is 3. The van der Waals surface area contributed by atoms with Gasteiger partial charge in [-0.1, -0.05) is 241 Å². The molecule has 0 bridgehead atoms. The van der Waals surface area contributed by atoms with E-state index in [1.165, 1.54) is 161 Å². The van der Waals surface area contributed by atoms with Gasteiger partial charge < -0.3 is 14.2 Å². The van der Waals surface area contributed by atoms with Crippen LogP contribution in [0.3, 0.4) is 0 Å². The van der Waals surface area contributed by atoms with E-state index >= 15 is 0 Å². The molecule has 0 heterocycles. The standard InChI is InChI=1S/C64H112O6/c1-4-7-10-13-16-19-22-25-27-29-30-31-32-33-34-36-37-39-42-45-48-51-54-57-63(66)69-60-61(59-68-62(65)56-53-50-47-44-41-24-21-18-15-12-9-6-3)70-64(67)58-55-52-49-46-43-40-38-35-28-26-23-20-17-14-11-8-5-2/h8,11,17-18,20-22,25-26,28-30,61H,4-7,9-10,12-16,19,23-24,27,31-60H2,1-3H3/b11-8-,20-17-,21-18-,25-22-,28-26-,30-29-. The van der Waals surface area contributed by atoms with E-state index in [0.29, 0.717) is 19.3 Å². The lowest BCUT2D eigenvalue weighted by Gasteiger charge is -2.18. The summed E-state index contributed by atoms with van der Waals surface area (Å²) >= 11 is 0. The van der Waals surface area contributed by atoms with Crippen molar-refractivity contribution in [3.63, 3.8) is 0 Å². The summed E-state index contributed by atoms with van der Waals surface area (Å²) in [5, 5.41) is 0. The molecule has 6 heteroatoms. The predicted octanol–water partition coefficient (Wildman–Crippen LogP) is 20.2. The highest BCUT2D eigenvalue weighted by Gasteiger charge is 2.19. The van der Waals surface area contributed by atoms with Gasteiger partial charge >= 0.3 is 17.9 Å². The molecule has 1 atom stereocenters. The van der Waals surface area contributed by atoms with Crippen LogP contribution in [0.1, 0.15) is 297 Å². The number of rotatable bonds is 54. The molecule has 0 aromatic heterocycles. The second kappa shape index (κ2) is 58.4. The molecule has 0 fully saturated rings. The molecule has 404 valence electrons. The lowest BCUT2D eigenvalue weighted by Crippen LogP contribution is -2.30. The Bertz CT molecular complexity index is 1310. The van der Waals surface area contributed by atoms with E-state index in [1.807, 2.05) is 0 Å². The second-order valence-electron chi connectivity index (χ2n) is 19.9. The molecule has 70 heavy (non-hydrogen) atoms. The zero-order chi connectivity index (χ0) is 50.7. The van der Waals surface area contributed by atoms with Gasteiger partial charge in [-0.25, -0.2) is 0 Å². The minimum Gasteiger partial charge on any atom is -0.462 e. The van der Waals surface area contributed by atoms with E-state index in [0.717, 1.165) is 96.3 Å². The summed E-state index contributed by atoms with van der Waals surface area (Å²) in [6.45, 7) is 6.50. The molecule has 0 saturated heterocycles. The van der Waals surface area contributed by atoms with Crippen molar-refractivity contribution in [2.24, 2.45) is 0 Å². The molecule has 6 nitrogen and oxygen atoms in total. The maximum absolute atomic E-state index is 12.9. The van der Waals surface area contributed by atoms with E-state index in [4.69, 9.17) is 14.2 Å². The van der Waals surface area contributed by atoms with Gasteiger partial charge in [0.15, 0.2) is 6.10 Å². The Morgan fingerprint density at radius 3 is 0.914 bits per heavy atom. The Labute approximate surface area is 433 Å². The summed E-state index contributed by atoms with van der Waals surface area (Å²) in [4.78, 5) is 38.2. The zero-order valence-electron chi connectivity index (χ0n) is 46.3. The molecule has 0 aromatic carbocycles. The van der Waals surface area contributed by atoms with Crippen molar-refractivity contribution < 1.29 is 28.6 Å². The fourth-order valence-electron chi connectivity index (χ4n) is 8.42. The third kappa shape index (κ3) is 55.8. The first kappa shape index (κ1) is 66.9. The van der Waals surface area contributed by atoms with E-state index in [2.05, 4.69) is 93.7 Å². The normalized spacial score (nSPS) is 12.6. The van der Waals surface area contributed by atoms with Crippen molar-refractivity contribution in [1.82, 2.24) is 0 Å². The lowest BCUT2D eigenvalue weighted by molar-refractivity contribution is -0.167. The van der Waals surface area contributed by atoms with Gasteiger partial charge in [-0.3, -0.25) is 14.4 Å². The molecule has 0 aliphatic carbocycles. The summed E-state index contributed by atoms with van der Waals surface area (Å²) < 4.78 is 16.9. The average molecular weight is 978 g/mol.